The maximum absolute atomic E-state index is 6.49. The Bertz CT molecular complexity index is 3100. The van der Waals surface area contributed by atoms with E-state index in [1.165, 1.54) is 60.3 Å². The van der Waals surface area contributed by atoms with Crippen molar-refractivity contribution in [2.24, 2.45) is 0 Å². The Hall–Kier alpha value is -6.64. The standard InChI is InChI=1S/C48H28O2/c1-6-21-39-32(14-1)41(28-42-34-16-8-10-23-44(34)50-48(39)42)47-37-19-4-2-17-35(37)46(36-18-3-5-20-38(36)47)31-13-11-12-29(26-31)30-24-25-45-40(27-30)33-15-7-9-22-43(33)49-45/h1-28H. The maximum atomic E-state index is 6.49. The molecule has 11 rings (SSSR count). The Balaban J connectivity index is 1.19. The van der Waals surface area contributed by atoms with Crippen LogP contribution in [0.4, 0.5) is 0 Å². The third-order valence-corrected chi connectivity index (χ3v) is 10.4. The fourth-order valence-electron chi connectivity index (χ4n) is 8.24. The minimum Gasteiger partial charge on any atom is -0.456 e. The quantitative estimate of drug-likeness (QED) is 0.180. The zero-order valence-electron chi connectivity index (χ0n) is 27.0. The van der Waals surface area contributed by atoms with Crippen molar-refractivity contribution < 1.29 is 8.83 Å². The second kappa shape index (κ2) is 10.4. The molecule has 0 saturated carbocycles. The normalized spacial score (nSPS) is 12.0. The highest BCUT2D eigenvalue weighted by Crippen LogP contribution is 2.48. The summed E-state index contributed by atoms with van der Waals surface area (Å²) >= 11 is 0. The first-order valence-corrected chi connectivity index (χ1v) is 17.1. The summed E-state index contributed by atoms with van der Waals surface area (Å²) in [4.78, 5) is 0. The van der Waals surface area contributed by atoms with Crippen molar-refractivity contribution in [1.82, 2.24) is 0 Å². The van der Waals surface area contributed by atoms with Crippen molar-refractivity contribution in [2.75, 3.05) is 0 Å². The van der Waals surface area contributed by atoms with Crippen LogP contribution >= 0.6 is 0 Å². The van der Waals surface area contributed by atoms with Gasteiger partial charge in [0.15, 0.2) is 0 Å². The molecule has 2 aromatic heterocycles. The molecule has 0 spiro atoms. The lowest BCUT2D eigenvalue weighted by Gasteiger charge is -2.19. The number of para-hydroxylation sites is 2. The van der Waals surface area contributed by atoms with Crippen LogP contribution in [-0.4, -0.2) is 0 Å². The first kappa shape index (κ1) is 27.3. The molecule has 0 amide bonds. The van der Waals surface area contributed by atoms with Gasteiger partial charge in [-0.1, -0.05) is 133 Å². The molecule has 0 radical (unpaired) electrons. The molecule has 2 nitrogen and oxygen atoms in total. The van der Waals surface area contributed by atoms with Crippen molar-refractivity contribution in [2.45, 2.75) is 0 Å². The van der Waals surface area contributed by atoms with Crippen LogP contribution in [-0.2, 0) is 0 Å². The van der Waals surface area contributed by atoms with Gasteiger partial charge in [-0.3, -0.25) is 0 Å². The molecule has 2 heterocycles. The van der Waals surface area contributed by atoms with Crippen LogP contribution in [0, 0.1) is 0 Å². The van der Waals surface area contributed by atoms with Gasteiger partial charge in [0.05, 0.1) is 0 Å². The molecule has 9 aromatic carbocycles. The van der Waals surface area contributed by atoms with E-state index in [-0.39, 0.29) is 0 Å². The maximum Gasteiger partial charge on any atom is 0.143 e. The van der Waals surface area contributed by atoms with Gasteiger partial charge in [0, 0.05) is 26.9 Å². The molecular formula is C48H28O2. The summed E-state index contributed by atoms with van der Waals surface area (Å²) in [6.07, 6.45) is 0. The highest BCUT2D eigenvalue weighted by Gasteiger charge is 2.21. The van der Waals surface area contributed by atoms with E-state index < -0.39 is 0 Å². The topological polar surface area (TPSA) is 26.3 Å². The SMILES string of the molecule is c1cc(-c2ccc3oc4ccccc4c3c2)cc(-c2c3ccccc3c(-c3cc4c5ccccc5oc4c4ccccc34)c3ccccc23)c1. The van der Waals surface area contributed by atoms with Crippen LogP contribution in [0.1, 0.15) is 0 Å². The molecule has 0 aliphatic rings. The summed E-state index contributed by atoms with van der Waals surface area (Å²) in [6, 6.07) is 61.0. The Morgan fingerprint density at radius 3 is 1.46 bits per heavy atom. The minimum atomic E-state index is 0.910. The van der Waals surface area contributed by atoms with Crippen LogP contribution < -0.4 is 0 Å². The van der Waals surface area contributed by atoms with Gasteiger partial charge in [-0.2, -0.15) is 0 Å². The van der Waals surface area contributed by atoms with Crippen LogP contribution in [0.2, 0.25) is 0 Å². The lowest BCUT2D eigenvalue weighted by molar-refractivity contribution is 0.669. The summed E-state index contributed by atoms with van der Waals surface area (Å²) in [6.45, 7) is 0. The van der Waals surface area contributed by atoms with Crippen LogP contribution in [0.15, 0.2) is 179 Å². The molecule has 11 aromatic rings. The minimum absolute atomic E-state index is 0.910. The molecule has 2 heteroatoms. The first-order chi connectivity index (χ1) is 24.8. The Morgan fingerprint density at radius 1 is 0.260 bits per heavy atom. The van der Waals surface area contributed by atoms with Gasteiger partial charge in [0.1, 0.15) is 22.3 Å². The van der Waals surface area contributed by atoms with E-state index in [2.05, 4.69) is 152 Å². The van der Waals surface area contributed by atoms with Gasteiger partial charge >= 0.3 is 0 Å². The van der Waals surface area contributed by atoms with E-state index in [9.17, 15) is 0 Å². The predicted octanol–water partition coefficient (Wildman–Crippen LogP) is 13.9. The van der Waals surface area contributed by atoms with Gasteiger partial charge in [-0.15, -0.1) is 0 Å². The Labute approximate surface area is 287 Å². The number of hydrogen-bond acceptors (Lipinski definition) is 2. The summed E-state index contributed by atoms with van der Waals surface area (Å²) in [5, 5.41) is 11.8. The molecule has 0 aliphatic heterocycles. The Kier molecular flexibility index (Phi) is 5.70. The first-order valence-electron chi connectivity index (χ1n) is 17.1. The predicted molar refractivity (Wildman–Crippen MR) is 210 cm³/mol. The molecule has 0 saturated heterocycles. The van der Waals surface area contributed by atoms with E-state index in [4.69, 9.17) is 8.83 Å². The van der Waals surface area contributed by atoms with Crippen molar-refractivity contribution in [3.05, 3.63) is 170 Å². The van der Waals surface area contributed by atoms with Crippen LogP contribution in [0.5, 0.6) is 0 Å². The van der Waals surface area contributed by atoms with Crippen molar-refractivity contribution in [1.29, 1.82) is 0 Å². The average Bonchev–Trinajstić information content (AvgIpc) is 3.75. The van der Waals surface area contributed by atoms with Gasteiger partial charge in [0.25, 0.3) is 0 Å². The molecule has 0 fully saturated rings. The lowest BCUT2D eigenvalue weighted by atomic mass is 9.84. The van der Waals surface area contributed by atoms with Crippen LogP contribution in [0.25, 0.3) is 110 Å². The molecule has 0 bridgehead atoms. The zero-order chi connectivity index (χ0) is 32.8. The van der Waals surface area contributed by atoms with E-state index in [1.54, 1.807) is 0 Å². The van der Waals surface area contributed by atoms with Gasteiger partial charge in [-0.25, -0.2) is 0 Å². The van der Waals surface area contributed by atoms with Gasteiger partial charge < -0.3 is 8.83 Å². The summed E-state index contributed by atoms with van der Waals surface area (Å²) in [7, 11) is 0. The second-order valence-corrected chi connectivity index (χ2v) is 13.2. The average molecular weight is 637 g/mol. The number of rotatable bonds is 3. The summed E-state index contributed by atoms with van der Waals surface area (Å²) < 4.78 is 12.6. The largest absolute Gasteiger partial charge is 0.456 e. The fraction of sp³-hybridized carbons (Fsp3) is 0. The number of hydrogen-bond donors (Lipinski definition) is 0. The van der Waals surface area contributed by atoms with Crippen LogP contribution in [0.3, 0.4) is 0 Å². The third-order valence-electron chi connectivity index (χ3n) is 10.4. The van der Waals surface area contributed by atoms with Crippen molar-refractivity contribution in [3.63, 3.8) is 0 Å². The molecule has 50 heavy (non-hydrogen) atoms. The van der Waals surface area contributed by atoms with E-state index >= 15 is 0 Å². The molecule has 0 unspecified atom stereocenters. The highest BCUT2D eigenvalue weighted by atomic mass is 16.3. The highest BCUT2D eigenvalue weighted by molar-refractivity contribution is 6.27. The lowest BCUT2D eigenvalue weighted by Crippen LogP contribution is -1.92. The summed E-state index contributed by atoms with van der Waals surface area (Å²) in [5.41, 5.74) is 10.9. The number of fused-ring (bicyclic) bond motifs is 10. The Morgan fingerprint density at radius 2 is 0.760 bits per heavy atom. The molecule has 0 aliphatic carbocycles. The van der Waals surface area contributed by atoms with E-state index in [1.807, 2.05) is 18.2 Å². The monoisotopic (exact) mass is 636 g/mol. The molecule has 232 valence electrons. The summed E-state index contributed by atoms with van der Waals surface area (Å²) in [5.74, 6) is 0. The molecular weight excluding hydrogens is 609 g/mol. The zero-order valence-corrected chi connectivity index (χ0v) is 27.0. The smallest absolute Gasteiger partial charge is 0.143 e. The van der Waals surface area contributed by atoms with Gasteiger partial charge in [-0.05, 0) is 96.7 Å². The van der Waals surface area contributed by atoms with Gasteiger partial charge in [0.2, 0.25) is 0 Å². The molecule has 0 atom stereocenters. The second-order valence-electron chi connectivity index (χ2n) is 13.2. The molecule has 0 N–H and O–H groups in total. The number of furan rings is 2. The van der Waals surface area contributed by atoms with E-state index in [0.717, 1.165) is 49.3 Å². The van der Waals surface area contributed by atoms with Crippen molar-refractivity contribution >= 4 is 76.2 Å². The third kappa shape index (κ3) is 3.90. The number of benzene rings is 9. The van der Waals surface area contributed by atoms with E-state index in [0.29, 0.717) is 0 Å². The fourth-order valence-corrected chi connectivity index (χ4v) is 8.24. The van der Waals surface area contributed by atoms with Crippen molar-refractivity contribution in [3.8, 4) is 33.4 Å².